The Morgan fingerprint density at radius 2 is 2.06 bits per heavy atom. The van der Waals surface area contributed by atoms with E-state index in [4.69, 9.17) is 27.9 Å². The van der Waals surface area contributed by atoms with E-state index >= 15 is 0 Å². The molecule has 17 heavy (non-hydrogen) atoms. The standard InChI is InChI=1S/C12H9Cl2FOS/c1-16-7-2-3-8(9(15)6-7)12(14)10-4-5-11(13)17-10/h2-6,12H,1H3. The molecule has 90 valence electrons. The molecule has 0 aliphatic rings. The molecule has 1 unspecified atom stereocenters. The van der Waals surface area contributed by atoms with Crippen molar-refractivity contribution in [1.82, 2.24) is 0 Å². The number of thiophene rings is 1. The Kier molecular flexibility index (Phi) is 3.92. The molecule has 0 aliphatic carbocycles. The highest BCUT2D eigenvalue weighted by atomic mass is 35.5. The van der Waals surface area contributed by atoms with Gasteiger partial charge in [0.05, 0.1) is 16.8 Å². The summed E-state index contributed by atoms with van der Waals surface area (Å²) < 4.78 is 19.4. The first-order valence-corrected chi connectivity index (χ1v) is 6.47. The van der Waals surface area contributed by atoms with Gasteiger partial charge in [-0.15, -0.1) is 22.9 Å². The van der Waals surface area contributed by atoms with Crippen molar-refractivity contribution in [1.29, 1.82) is 0 Å². The molecule has 1 aromatic carbocycles. The van der Waals surface area contributed by atoms with E-state index in [1.807, 2.05) is 0 Å². The lowest BCUT2D eigenvalue weighted by Gasteiger charge is -2.10. The summed E-state index contributed by atoms with van der Waals surface area (Å²) >= 11 is 13.4. The van der Waals surface area contributed by atoms with Gasteiger partial charge in [-0.1, -0.05) is 17.7 Å². The normalized spacial score (nSPS) is 12.5. The molecule has 0 bridgehead atoms. The molecule has 5 heteroatoms. The van der Waals surface area contributed by atoms with Gasteiger partial charge < -0.3 is 4.74 Å². The molecule has 1 atom stereocenters. The summed E-state index contributed by atoms with van der Waals surface area (Å²) in [6, 6.07) is 8.18. The molecule has 1 aromatic heterocycles. The molecule has 0 fully saturated rings. The number of ether oxygens (including phenoxy) is 1. The number of hydrogen-bond acceptors (Lipinski definition) is 2. The Morgan fingerprint density at radius 1 is 1.29 bits per heavy atom. The van der Waals surface area contributed by atoms with Crippen molar-refractivity contribution >= 4 is 34.5 Å². The Hall–Kier alpha value is -0.770. The third-order valence-corrected chi connectivity index (χ3v) is 4.22. The highest BCUT2D eigenvalue weighted by molar-refractivity contribution is 7.16. The molecule has 0 spiro atoms. The molecule has 0 aliphatic heterocycles. The van der Waals surface area contributed by atoms with Crippen LogP contribution in [0.15, 0.2) is 30.3 Å². The van der Waals surface area contributed by atoms with Crippen LogP contribution in [0.2, 0.25) is 4.34 Å². The van der Waals surface area contributed by atoms with Gasteiger partial charge in [0.1, 0.15) is 11.6 Å². The highest BCUT2D eigenvalue weighted by Crippen LogP contribution is 2.37. The highest BCUT2D eigenvalue weighted by Gasteiger charge is 2.17. The number of halogens is 3. The van der Waals surface area contributed by atoms with E-state index in [1.54, 1.807) is 24.3 Å². The van der Waals surface area contributed by atoms with E-state index in [9.17, 15) is 4.39 Å². The van der Waals surface area contributed by atoms with Crippen LogP contribution >= 0.6 is 34.5 Å². The fourth-order valence-electron chi connectivity index (χ4n) is 1.46. The van der Waals surface area contributed by atoms with Gasteiger partial charge in [0.25, 0.3) is 0 Å². The SMILES string of the molecule is COc1ccc(C(Cl)c2ccc(Cl)s2)c(F)c1. The van der Waals surface area contributed by atoms with Crippen LogP contribution in [0, 0.1) is 5.82 Å². The summed E-state index contributed by atoms with van der Waals surface area (Å²) in [5, 5.41) is -0.529. The van der Waals surface area contributed by atoms with Crippen LogP contribution in [-0.4, -0.2) is 7.11 Å². The second kappa shape index (κ2) is 5.25. The third kappa shape index (κ3) is 2.73. The van der Waals surface area contributed by atoms with Crippen LogP contribution in [0.25, 0.3) is 0 Å². The molecular formula is C12H9Cl2FOS. The van der Waals surface area contributed by atoms with Crippen molar-refractivity contribution in [3.05, 3.63) is 50.9 Å². The first-order valence-electron chi connectivity index (χ1n) is 4.84. The van der Waals surface area contributed by atoms with E-state index in [0.717, 1.165) is 4.88 Å². The maximum atomic E-state index is 13.8. The number of methoxy groups -OCH3 is 1. The molecule has 0 radical (unpaired) electrons. The molecule has 0 amide bonds. The summed E-state index contributed by atoms with van der Waals surface area (Å²) in [6.45, 7) is 0. The number of rotatable bonds is 3. The van der Waals surface area contributed by atoms with Crippen LogP contribution in [0.4, 0.5) is 4.39 Å². The zero-order valence-corrected chi connectivity index (χ0v) is 11.2. The summed E-state index contributed by atoms with van der Waals surface area (Å²) in [4.78, 5) is 0.820. The van der Waals surface area contributed by atoms with Gasteiger partial charge >= 0.3 is 0 Å². The predicted molar refractivity (Wildman–Crippen MR) is 70.0 cm³/mol. The number of alkyl halides is 1. The molecule has 2 aromatic rings. The average Bonchev–Trinajstić information content (AvgIpc) is 2.75. The molecule has 0 N–H and O–H groups in total. The van der Waals surface area contributed by atoms with Crippen molar-refractivity contribution in [2.45, 2.75) is 5.38 Å². The molecule has 0 saturated carbocycles. The number of benzene rings is 1. The fraction of sp³-hybridized carbons (Fsp3) is 0.167. The first-order chi connectivity index (χ1) is 8.11. The van der Waals surface area contributed by atoms with Crippen LogP contribution in [0.5, 0.6) is 5.75 Å². The lowest BCUT2D eigenvalue weighted by Crippen LogP contribution is -1.95. The van der Waals surface area contributed by atoms with Crippen LogP contribution < -0.4 is 4.74 Å². The van der Waals surface area contributed by atoms with Gasteiger partial charge in [-0.25, -0.2) is 4.39 Å². The maximum Gasteiger partial charge on any atom is 0.131 e. The maximum absolute atomic E-state index is 13.8. The molecule has 1 heterocycles. The van der Waals surface area contributed by atoms with E-state index in [1.165, 1.54) is 24.5 Å². The van der Waals surface area contributed by atoms with E-state index in [0.29, 0.717) is 15.6 Å². The summed E-state index contributed by atoms with van der Waals surface area (Å²) in [7, 11) is 1.49. The van der Waals surface area contributed by atoms with Crippen molar-refractivity contribution in [3.8, 4) is 5.75 Å². The van der Waals surface area contributed by atoms with Crippen molar-refractivity contribution in [2.75, 3.05) is 7.11 Å². The van der Waals surface area contributed by atoms with Crippen molar-refractivity contribution in [3.63, 3.8) is 0 Å². The summed E-state index contributed by atoms with van der Waals surface area (Å²) in [5.74, 6) is 0.0909. The zero-order chi connectivity index (χ0) is 12.4. The van der Waals surface area contributed by atoms with E-state index in [-0.39, 0.29) is 5.82 Å². The minimum Gasteiger partial charge on any atom is -0.497 e. The molecule has 1 nitrogen and oxygen atoms in total. The minimum atomic E-state index is -0.529. The molecule has 0 saturated heterocycles. The molecule has 2 rings (SSSR count). The lowest BCUT2D eigenvalue weighted by atomic mass is 10.1. The average molecular weight is 291 g/mol. The Labute approximate surface area is 113 Å². The first kappa shape index (κ1) is 12.7. The van der Waals surface area contributed by atoms with Crippen LogP contribution in [0.3, 0.4) is 0 Å². The van der Waals surface area contributed by atoms with Crippen LogP contribution in [0.1, 0.15) is 15.8 Å². The lowest BCUT2D eigenvalue weighted by molar-refractivity contribution is 0.411. The largest absolute Gasteiger partial charge is 0.497 e. The molecular weight excluding hydrogens is 282 g/mol. The quantitative estimate of drug-likeness (QED) is 0.732. The fourth-order valence-corrected chi connectivity index (χ4v) is 2.90. The monoisotopic (exact) mass is 290 g/mol. The second-order valence-corrected chi connectivity index (χ2v) is 5.57. The topological polar surface area (TPSA) is 9.23 Å². The van der Waals surface area contributed by atoms with Crippen molar-refractivity contribution < 1.29 is 9.13 Å². The Balaban J connectivity index is 2.34. The van der Waals surface area contributed by atoms with Gasteiger partial charge in [-0.05, 0) is 18.2 Å². The minimum absolute atomic E-state index is 0.381. The van der Waals surface area contributed by atoms with Gasteiger partial charge in [0.15, 0.2) is 0 Å². The number of hydrogen-bond donors (Lipinski definition) is 0. The van der Waals surface area contributed by atoms with E-state index < -0.39 is 5.38 Å². The Bertz CT molecular complexity index is 527. The summed E-state index contributed by atoms with van der Waals surface area (Å²) in [5.41, 5.74) is 0.422. The smallest absolute Gasteiger partial charge is 0.131 e. The van der Waals surface area contributed by atoms with Gasteiger partial charge in [0.2, 0.25) is 0 Å². The van der Waals surface area contributed by atoms with Gasteiger partial charge in [-0.3, -0.25) is 0 Å². The van der Waals surface area contributed by atoms with Gasteiger partial charge in [0, 0.05) is 16.5 Å². The van der Waals surface area contributed by atoms with Crippen molar-refractivity contribution in [2.24, 2.45) is 0 Å². The Morgan fingerprint density at radius 3 is 2.59 bits per heavy atom. The van der Waals surface area contributed by atoms with Crippen LogP contribution in [-0.2, 0) is 0 Å². The second-order valence-electron chi connectivity index (χ2n) is 3.39. The van der Waals surface area contributed by atoms with E-state index in [2.05, 4.69) is 0 Å². The summed E-state index contributed by atoms with van der Waals surface area (Å²) in [6.07, 6.45) is 0. The zero-order valence-electron chi connectivity index (χ0n) is 8.91. The van der Waals surface area contributed by atoms with Gasteiger partial charge in [-0.2, -0.15) is 0 Å². The predicted octanol–water partition coefficient (Wildman–Crippen LogP) is 4.88. The third-order valence-electron chi connectivity index (χ3n) is 2.32.